The maximum absolute atomic E-state index is 11.6. The number of sulfonamides is 1. The number of nitrogens with one attached hydrogen (secondary N) is 1. The first-order valence-corrected chi connectivity index (χ1v) is 9.03. The van der Waals surface area contributed by atoms with Crippen LogP contribution in [0.3, 0.4) is 0 Å². The summed E-state index contributed by atoms with van der Waals surface area (Å²) in [7, 11) is -3.08. The molecule has 1 aliphatic rings. The Morgan fingerprint density at radius 1 is 1.15 bits per heavy atom. The average Bonchev–Trinajstić information content (AvgIpc) is 2.48. The molecule has 1 saturated heterocycles. The van der Waals surface area contributed by atoms with Gasteiger partial charge in [-0.15, -0.1) is 0 Å². The Hall–Kier alpha value is -1.07. The molecular formula is C15H24N2O2S. The van der Waals surface area contributed by atoms with Gasteiger partial charge in [0, 0.05) is 24.8 Å². The maximum atomic E-state index is 11.6. The van der Waals surface area contributed by atoms with Crippen molar-refractivity contribution in [2.75, 3.05) is 23.7 Å². The monoisotopic (exact) mass is 296 g/mol. The molecule has 4 nitrogen and oxygen atoms in total. The van der Waals surface area contributed by atoms with Crippen LogP contribution in [-0.2, 0) is 16.4 Å². The molecule has 0 amide bonds. The average molecular weight is 296 g/mol. The van der Waals surface area contributed by atoms with Crippen LogP contribution in [0.4, 0.5) is 5.69 Å². The molecular weight excluding hydrogens is 272 g/mol. The summed E-state index contributed by atoms with van der Waals surface area (Å²) in [5, 5.41) is 0. The molecule has 0 unspecified atom stereocenters. The van der Waals surface area contributed by atoms with Gasteiger partial charge in [-0.2, -0.15) is 0 Å². The van der Waals surface area contributed by atoms with Crippen LogP contribution in [0.2, 0.25) is 0 Å². The predicted octanol–water partition coefficient (Wildman–Crippen LogP) is 2.16. The van der Waals surface area contributed by atoms with E-state index in [0.717, 1.165) is 32.4 Å². The van der Waals surface area contributed by atoms with Gasteiger partial charge in [0.1, 0.15) is 0 Å². The van der Waals surface area contributed by atoms with E-state index in [1.165, 1.54) is 11.3 Å². The van der Waals surface area contributed by atoms with Crippen molar-refractivity contribution in [3.63, 3.8) is 0 Å². The van der Waals surface area contributed by atoms with Crippen LogP contribution >= 0.6 is 0 Å². The highest BCUT2D eigenvalue weighted by molar-refractivity contribution is 7.89. The number of hydrogen-bond acceptors (Lipinski definition) is 3. The Bertz CT molecular complexity index is 517. The predicted molar refractivity (Wildman–Crippen MR) is 83.7 cm³/mol. The summed E-state index contributed by atoms with van der Waals surface area (Å²) < 4.78 is 25.9. The van der Waals surface area contributed by atoms with Gasteiger partial charge in [-0.3, -0.25) is 0 Å². The molecule has 20 heavy (non-hydrogen) atoms. The topological polar surface area (TPSA) is 49.4 Å². The highest BCUT2D eigenvalue weighted by atomic mass is 32.2. The van der Waals surface area contributed by atoms with Gasteiger partial charge >= 0.3 is 0 Å². The Morgan fingerprint density at radius 2 is 1.75 bits per heavy atom. The van der Waals surface area contributed by atoms with Crippen LogP contribution in [0, 0.1) is 0 Å². The molecule has 5 heteroatoms. The van der Waals surface area contributed by atoms with E-state index in [-0.39, 0.29) is 11.8 Å². The molecule has 0 aliphatic carbocycles. The second-order valence-corrected chi connectivity index (χ2v) is 7.35. The standard InChI is InChI=1S/C15H24N2O2S/c1-3-13-5-7-15(8-6-13)17-11-9-14(10-12-17)16-20(18,19)4-2/h5-8,14,16H,3-4,9-12H2,1-2H3. The number of anilines is 1. The van der Waals surface area contributed by atoms with Crippen LogP contribution in [0.25, 0.3) is 0 Å². The van der Waals surface area contributed by atoms with Gasteiger partial charge in [0.2, 0.25) is 10.0 Å². The molecule has 1 N–H and O–H groups in total. The first kappa shape index (κ1) is 15.3. The van der Waals surface area contributed by atoms with E-state index in [1.54, 1.807) is 6.92 Å². The molecule has 1 fully saturated rings. The third-order valence-corrected chi connectivity index (χ3v) is 5.38. The lowest BCUT2D eigenvalue weighted by Crippen LogP contribution is -2.45. The molecule has 0 aromatic heterocycles. The summed E-state index contributed by atoms with van der Waals surface area (Å²) in [6.45, 7) is 5.64. The fourth-order valence-electron chi connectivity index (χ4n) is 2.54. The lowest BCUT2D eigenvalue weighted by atomic mass is 10.0. The van der Waals surface area contributed by atoms with Gasteiger partial charge in [0.05, 0.1) is 5.75 Å². The van der Waals surface area contributed by atoms with Gasteiger partial charge in [-0.25, -0.2) is 13.1 Å². The normalized spacial score (nSPS) is 17.4. The Labute approximate surface area is 122 Å². The third-order valence-electron chi connectivity index (χ3n) is 3.93. The smallest absolute Gasteiger partial charge is 0.211 e. The van der Waals surface area contributed by atoms with Crippen molar-refractivity contribution in [2.45, 2.75) is 39.2 Å². The molecule has 0 saturated carbocycles. The number of piperidine rings is 1. The summed E-state index contributed by atoms with van der Waals surface area (Å²) in [6, 6.07) is 8.75. The largest absolute Gasteiger partial charge is 0.371 e. The highest BCUT2D eigenvalue weighted by Gasteiger charge is 2.22. The minimum absolute atomic E-state index is 0.0890. The maximum Gasteiger partial charge on any atom is 0.211 e. The second kappa shape index (κ2) is 6.59. The zero-order valence-corrected chi connectivity index (χ0v) is 13.1. The van der Waals surface area contributed by atoms with Crippen molar-refractivity contribution < 1.29 is 8.42 Å². The molecule has 1 aliphatic heterocycles. The van der Waals surface area contributed by atoms with E-state index in [4.69, 9.17) is 0 Å². The van der Waals surface area contributed by atoms with Crippen LogP contribution in [0.15, 0.2) is 24.3 Å². The first-order valence-electron chi connectivity index (χ1n) is 7.38. The molecule has 1 heterocycles. The summed E-state index contributed by atoms with van der Waals surface area (Å²) >= 11 is 0. The summed E-state index contributed by atoms with van der Waals surface area (Å²) in [5.41, 5.74) is 2.58. The van der Waals surface area contributed by atoms with Gasteiger partial charge in [-0.05, 0) is 43.9 Å². The van der Waals surface area contributed by atoms with Crippen LogP contribution in [-0.4, -0.2) is 33.3 Å². The fraction of sp³-hybridized carbons (Fsp3) is 0.600. The zero-order chi connectivity index (χ0) is 14.6. The first-order chi connectivity index (χ1) is 9.54. The zero-order valence-electron chi connectivity index (χ0n) is 12.3. The minimum atomic E-state index is -3.08. The van der Waals surface area contributed by atoms with Crippen molar-refractivity contribution in [3.8, 4) is 0 Å². The van der Waals surface area contributed by atoms with Gasteiger partial charge in [0.25, 0.3) is 0 Å². The molecule has 1 aromatic rings. The Balaban J connectivity index is 1.90. The molecule has 0 radical (unpaired) electrons. The number of rotatable bonds is 5. The van der Waals surface area contributed by atoms with E-state index in [9.17, 15) is 8.42 Å². The number of hydrogen-bond donors (Lipinski definition) is 1. The quantitative estimate of drug-likeness (QED) is 0.906. The summed E-state index contributed by atoms with van der Waals surface area (Å²) in [4.78, 5) is 2.33. The SMILES string of the molecule is CCc1ccc(N2CCC(NS(=O)(=O)CC)CC2)cc1. The molecule has 112 valence electrons. The summed E-state index contributed by atoms with van der Waals surface area (Å²) in [6.07, 6.45) is 2.80. The van der Waals surface area contributed by atoms with E-state index >= 15 is 0 Å². The second-order valence-electron chi connectivity index (χ2n) is 5.30. The van der Waals surface area contributed by atoms with Gasteiger partial charge in [-0.1, -0.05) is 19.1 Å². The van der Waals surface area contributed by atoms with Gasteiger partial charge < -0.3 is 4.90 Å². The highest BCUT2D eigenvalue weighted by Crippen LogP contribution is 2.21. The third kappa shape index (κ3) is 3.96. The van der Waals surface area contributed by atoms with Crippen molar-refractivity contribution >= 4 is 15.7 Å². The van der Waals surface area contributed by atoms with Crippen molar-refractivity contribution in [2.24, 2.45) is 0 Å². The molecule has 0 atom stereocenters. The minimum Gasteiger partial charge on any atom is -0.371 e. The number of nitrogens with zero attached hydrogens (tertiary/aromatic N) is 1. The van der Waals surface area contributed by atoms with E-state index in [1.807, 2.05) is 0 Å². The lowest BCUT2D eigenvalue weighted by molar-refractivity contribution is 0.460. The Morgan fingerprint density at radius 3 is 2.25 bits per heavy atom. The molecule has 1 aromatic carbocycles. The Kier molecular flexibility index (Phi) is 5.05. The lowest BCUT2D eigenvalue weighted by Gasteiger charge is -2.33. The molecule has 0 bridgehead atoms. The number of benzene rings is 1. The molecule has 0 spiro atoms. The van der Waals surface area contributed by atoms with Crippen molar-refractivity contribution in [1.82, 2.24) is 4.72 Å². The number of aryl methyl sites for hydroxylation is 1. The van der Waals surface area contributed by atoms with Crippen molar-refractivity contribution in [1.29, 1.82) is 0 Å². The van der Waals surface area contributed by atoms with E-state index in [0.29, 0.717) is 0 Å². The van der Waals surface area contributed by atoms with Crippen molar-refractivity contribution in [3.05, 3.63) is 29.8 Å². The van der Waals surface area contributed by atoms with Crippen LogP contribution in [0.5, 0.6) is 0 Å². The van der Waals surface area contributed by atoms with Gasteiger partial charge in [0.15, 0.2) is 0 Å². The van der Waals surface area contributed by atoms with E-state index in [2.05, 4.69) is 40.8 Å². The van der Waals surface area contributed by atoms with Crippen LogP contribution in [0.1, 0.15) is 32.3 Å². The molecule has 2 rings (SSSR count). The van der Waals surface area contributed by atoms with E-state index < -0.39 is 10.0 Å². The van der Waals surface area contributed by atoms with Crippen LogP contribution < -0.4 is 9.62 Å². The fourth-order valence-corrected chi connectivity index (χ4v) is 3.45. The summed E-state index contributed by atoms with van der Waals surface area (Å²) in [5.74, 6) is 0.158.